The van der Waals surface area contributed by atoms with E-state index < -0.39 is 12.0 Å². The van der Waals surface area contributed by atoms with Crippen molar-refractivity contribution in [3.05, 3.63) is 52.2 Å². The second kappa shape index (κ2) is 10.3. The number of rotatable bonds is 8. The molecule has 3 rings (SSSR count). The third-order valence-corrected chi connectivity index (χ3v) is 5.93. The molecular formula is C24H31N3O4S. The van der Waals surface area contributed by atoms with Crippen molar-refractivity contribution in [2.75, 3.05) is 13.7 Å². The summed E-state index contributed by atoms with van der Waals surface area (Å²) in [6.45, 7) is 10.2. The normalized spacial score (nSPS) is 17.9. The van der Waals surface area contributed by atoms with Gasteiger partial charge in [-0.25, -0.2) is 9.79 Å². The average Bonchev–Trinajstić information content (AvgIpc) is 3.12. The van der Waals surface area contributed by atoms with E-state index in [9.17, 15) is 9.59 Å². The Kier molecular flexibility index (Phi) is 7.66. The van der Waals surface area contributed by atoms with Crippen LogP contribution in [-0.4, -0.2) is 41.7 Å². The number of carbonyl (C=O) groups is 2. The molecule has 2 aliphatic heterocycles. The number of amides is 1. The van der Waals surface area contributed by atoms with Gasteiger partial charge in [-0.3, -0.25) is 4.79 Å². The predicted molar refractivity (Wildman–Crippen MR) is 127 cm³/mol. The van der Waals surface area contributed by atoms with Crippen LogP contribution in [0.4, 0.5) is 0 Å². The summed E-state index contributed by atoms with van der Waals surface area (Å²) in [6.07, 6.45) is -0.0769. The number of thioether (sulfide) groups is 1. The van der Waals surface area contributed by atoms with Gasteiger partial charge in [0.1, 0.15) is 5.75 Å². The van der Waals surface area contributed by atoms with Crippen molar-refractivity contribution in [2.24, 2.45) is 10.9 Å². The van der Waals surface area contributed by atoms with Gasteiger partial charge in [-0.05, 0) is 38.2 Å². The summed E-state index contributed by atoms with van der Waals surface area (Å²) >= 11 is 1.45. The minimum Gasteiger partial charge on any atom is -0.496 e. The number of para-hydroxylation sites is 1. The highest BCUT2D eigenvalue weighted by molar-refractivity contribution is 8.16. The number of esters is 1. The highest BCUT2D eigenvalue weighted by Gasteiger charge is 2.42. The second-order valence-corrected chi connectivity index (χ2v) is 9.30. The number of hydrogen-bond acceptors (Lipinski definition) is 7. The van der Waals surface area contributed by atoms with E-state index in [1.54, 1.807) is 7.11 Å². The molecule has 0 saturated carbocycles. The van der Waals surface area contributed by atoms with Gasteiger partial charge in [-0.2, -0.15) is 0 Å². The van der Waals surface area contributed by atoms with Crippen LogP contribution in [0, 0.1) is 5.92 Å². The molecular weight excluding hydrogens is 426 g/mol. The summed E-state index contributed by atoms with van der Waals surface area (Å²) in [5.74, 6) is 0.532. The molecule has 7 nitrogen and oxygen atoms in total. The van der Waals surface area contributed by atoms with Gasteiger partial charge in [0.05, 0.1) is 36.9 Å². The van der Waals surface area contributed by atoms with Crippen molar-refractivity contribution in [2.45, 2.75) is 53.2 Å². The van der Waals surface area contributed by atoms with Crippen LogP contribution in [0.2, 0.25) is 0 Å². The van der Waals surface area contributed by atoms with Crippen LogP contribution in [0.15, 0.2) is 51.6 Å². The Labute approximate surface area is 193 Å². The van der Waals surface area contributed by atoms with Gasteiger partial charge in [0, 0.05) is 17.8 Å². The van der Waals surface area contributed by atoms with Crippen molar-refractivity contribution in [1.29, 1.82) is 0 Å². The van der Waals surface area contributed by atoms with Gasteiger partial charge >= 0.3 is 5.97 Å². The molecule has 2 aliphatic rings. The maximum atomic E-state index is 13.2. The monoisotopic (exact) mass is 457 g/mol. The lowest BCUT2D eigenvalue weighted by Crippen LogP contribution is -2.38. The van der Waals surface area contributed by atoms with Crippen LogP contribution >= 0.6 is 11.8 Å². The first-order chi connectivity index (χ1) is 15.2. The molecule has 0 spiro atoms. The van der Waals surface area contributed by atoms with Crippen molar-refractivity contribution >= 4 is 28.8 Å². The minimum absolute atomic E-state index is 0.0665. The van der Waals surface area contributed by atoms with Gasteiger partial charge in [-0.15, -0.1) is 0 Å². The number of allylic oxidation sites excluding steroid dienone is 1. The Balaban J connectivity index is 2.03. The molecule has 1 aromatic rings. The van der Waals surface area contributed by atoms with Gasteiger partial charge in [-0.1, -0.05) is 43.8 Å². The van der Waals surface area contributed by atoms with E-state index >= 15 is 0 Å². The Morgan fingerprint density at radius 2 is 1.94 bits per heavy atom. The van der Waals surface area contributed by atoms with E-state index in [0.717, 1.165) is 16.4 Å². The Hall–Kier alpha value is -2.74. The quantitative estimate of drug-likeness (QED) is 0.584. The molecule has 172 valence electrons. The first-order valence-corrected chi connectivity index (χ1v) is 11.7. The third kappa shape index (κ3) is 5.18. The SMILES string of the molecule is COc1ccccc1C1C(C(=O)OC(C)C)=C(C)N=C2SC=C(CC(=O)NCC(C)C)N21. The first-order valence-electron chi connectivity index (χ1n) is 10.8. The smallest absolute Gasteiger partial charge is 0.338 e. The summed E-state index contributed by atoms with van der Waals surface area (Å²) < 4.78 is 11.2. The molecule has 8 heteroatoms. The Bertz CT molecular complexity index is 981. The van der Waals surface area contributed by atoms with E-state index in [0.29, 0.717) is 29.5 Å². The summed E-state index contributed by atoms with van der Waals surface area (Å²) in [5, 5.41) is 5.63. The molecule has 1 atom stereocenters. The summed E-state index contributed by atoms with van der Waals surface area (Å²) in [7, 11) is 1.61. The average molecular weight is 458 g/mol. The standard InChI is InChI=1S/C24H31N3O4S/c1-14(2)12-25-20(28)11-17-13-32-24-26-16(5)21(23(29)31-15(3)4)22(27(17)24)18-9-7-8-10-19(18)30-6/h7-10,13-15,22H,11-12H2,1-6H3,(H,25,28). The van der Waals surface area contributed by atoms with Crippen LogP contribution in [0.3, 0.4) is 0 Å². The lowest BCUT2D eigenvalue weighted by molar-refractivity contribution is -0.143. The fourth-order valence-corrected chi connectivity index (χ4v) is 4.60. The maximum absolute atomic E-state index is 13.2. The number of nitrogens with one attached hydrogen (secondary N) is 1. The highest BCUT2D eigenvalue weighted by Crippen LogP contribution is 2.46. The fraction of sp³-hybridized carbons (Fsp3) is 0.458. The summed E-state index contributed by atoms with van der Waals surface area (Å²) in [4.78, 5) is 32.4. The zero-order chi connectivity index (χ0) is 23.4. The van der Waals surface area contributed by atoms with Crippen molar-refractivity contribution in [1.82, 2.24) is 10.2 Å². The fourth-order valence-electron chi connectivity index (χ4n) is 3.64. The molecule has 1 N–H and O–H groups in total. The zero-order valence-electron chi connectivity index (χ0n) is 19.5. The van der Waals surface area contributed by atoms with Gasteiger partial charge in [0.25, 0.3) is 0 Å². The van der Waals surface area contributed by atoms with Crippen LogP contribution < -0.4 is 10.1 Å². The highest BCUT2D eigenvalue weighted by atomic mass is 32.2. The number of methoxy groups -OCH3 is 1. The molecule has 1 amide bonds. The molecule has 0 aliphatic carbocycles. The lowest BCUT2D eigenvalue weighted by atomic mass is 9.93. The van der Waals surface area contributed by atoms with Crippen molar-refractivity contribution in [3.8, 4) is 5.75 Å². The second-order valence-electron chi connectivity index (χ2n) is 8.46. The van der Waals surface area contributed by atoms with E-state index in [2.05, 4.69) is 24.2 Å². The van der Waals surface area contributed by atoms with Gasteiger partial charge < -0.3 is 19.7 Å². The summed E-state index contributed by atoms with van der Waals surface area (Å²) in [5.41, 5.74) is 2.65. The number of nitrogens with zero attached hydrogens (tertiary/aromatic N) is 2. The predicted octanol–water partition coefficient (Wildman–Crippen LogP) is 4.38. The van der Waals surface area contributed by atoms with Gasteiger partial charge in [0.15, 0.2) is 5.17 Å². The maximum Gasteiger partial charge on any atom is 0.338 e. The van der Waals surface area contributed by atoms with Crippen molar-refractivity contribution in [3.63, 3.8) is 0 Å². The number of fused-ring (bicyclic) bond motifs is 1. The Morgan fingerprint density at radius 3 is 2.59 bits per heavy atom. The molecule has 32 heavy (non-hydrogen) atoms. The molecule has 0 aromatic heterocycles. The number of aliphatic imine (C=N–C) groups is 1. The van der Waals surface area contributed by atoms with Crippen molar-refractivity contribution < 1.29 is 19.1 Å². The van der Waals surface area contributed by atoms with Crippen LogP contribution in [-0.2, 0) is 14.3 Å². The minimum atomic E-state index is -0.510. The van der Waals surface area contributed by atoms with Crippen LogP contribution in [0.1, 0.15) is 52.6 Å². The number of ether oxygens (including phenoxy) is 2. The topological polar surface area (TPSA) is 80.2 Å². The van der Waals surface area contributed by atoms with Crippen LogP contribution in [0.25, 0.3) is 0 Å². The van der Waals surface area contributed by atoms with E-state index in [1.165, 1.54) is 11.8 Å². The number of benzene rings is 1. The first kappa shape index (κ1) is 23.9. The zero-order valence-corrected chi connectivity index (χ0v) is 20.3. The molecule has 1 aromatic carbocycles. The summed E-state index contributed by atoms with van der Waals surface area (Å²) in [6, 6.07) is 7.08. The molecule has 0 bridgehead atoms. The molecule has 2 heterocycles. The Morgan fingerprint density at radius 1 is 1.22 bits per heavy atom. The third-order valence-electron chi connectivity index (χ3n) is 5.05. The van der Waals surface area contributed by atoms with E-state index in [4.69, 9.17) is 9.47 Å². The van der Waals surface area contributed by atoms with E-state index in [-0.39, 0.29) is 18.4 Å². The number of hydrogen-bond donors (Lipinski definition) is 1. The molecule has 1 unspecified atom stereocenters. The molecule has 0 fully saturated rings. The number of carbonyl (C=O) groups excluding carboxylic acids is 2. The number of amidine groups is 1. The van der Waals surface area contributed by atoms with E-state index in [1.807, 2.05) is 55.3 Å². The molecule has 0 saturated heterocycles. The van der Waals surface area contributed by atoms with Crippen LogP contribution in [0.5, 0.6) is 5.75 Å². The molecule has 0 radical (unpaired) electrons. The van der Waals surface area contributed by atoms with Gasteiger partial charge in [0.2, 0.25) is 5.91 Å². The lowest BCUT2D eigenvalue weighted by Gasteiger charge is -2.37. The largest absolute Gasteiger partial charge is 0.496 e.